The van der Waals surface area contributed by atoms with Gasteiger partial charge in [0.05, 0.1) is 0 Å². The summed E-state index contributed by atoms with van der Waals surface area (Å²) in [4.78, 5) is 17.2. The van der Waals surface area contributed by atoms with Crippen LogP contribution in [0.25, 0.3) is 10.9 Å². The summed E-state index contributed by atoms with van der Waals surface area (Å²) in [5, 5.41) is 1.38. The molecule has 0 radical (unpaired) electrons. The molecular formula is C20H25N3O. The molecule has 2 fully saturated rings. The SMILES string of the molecule is Cc1ccc2c(c1)c1c(n2C2CCN(C)C2=O)CC2CCC1N2C. The first kappa shape index (κ1) is 14.5. The molecule has 0 saturated carbocycles. The number of carbonyl (C=O) groups excluding carboxylic acids is 1. The van der Waals surface area contributed by atoms with Crippen molar-refractivity contribution < 1.29 is 4.79 Å². The maximum atomic E-state index is 12.7. The fraction of sp³-hybridized carbons (Fsp3) is 0.550. The van der Waals surface area contributed by atoms with Gasteiger partial charge in [0.2, 0.25) is 5.91 Å². The second kappa shape index (κ2) is 4.85. The van der Waals surface area contributed by atoms with Gasteiger partial charge in [-0.2, -0.15) is 0 Å². The fourth-order valence-electron chi connectivity index (χ4n) is 5.32. The minimum atomic E-state index is -0.00763. The van der Waals surface area contributed by atoms with Crippen molar-refractivity contribution in [2.75, 3.05) is 20.6 Å². The van der Waals surface area contributed by atoms with Crippen LogP contribution in [0.1, 0.15) is 48.2 Å². The molecule has 3 aliphatic heterocycles. The second-order valence-electron chi connectivity index (χ2n) is 7.93. The molecule has 24 heavy (non-hydrogen) atoms. The summed E-state index contributed by atoms with van der Waals surface area (Å²) in [7, 11) is 4.21. The van der Waals surface area contributed by atoms with E-state index in [-0.39, 0.29) is 11.9 Å². The average Bonchev–Trinajstić information content (AvgIpc) is 3.11. The number of carbonyl (C=O) groups is 1. The summed E-state index contributed by atoms with van der Waals surface area (Å²) < 4.78 is 2.41. The van der Waals surface area contributed by atoms with Crippen LogP contribution in [0.3, 0.4) is 0 Å². The third kappa shape index (κ3) is 1.75. The van der Waals surface area contributed by atoms with Crippen molar-refractivity contribution in [2.45, 2.75) is 50.7 Å². The van der Waals surface area contributed by atoms with Crippen LogP contribution in [-0.4, -0.2) is 47.0 Å². The first-order valence-corrected chi connectivity index (χ1v) is 9.16. The Labute approximate surface area is 143 Å². The number of likely N-dealkylation sites (tertiary alicyclic amines) is 1. The van der Waals surface area contributed by atoms with Gasteiger partial charge >= 0.3 is 0 Å². The van der Waals surface area contributed by atoms with E-state index in [2.05, 4.69) is 41.6 Å². The van der Waals surface area contributed by atoms with Crippen LogP contribution in [0, 0.1) is 6.92 Å². The minimum absolute atomic E-state index is 0.00763. The Morgan fingerprint density at radius 2 is 1.92 bits per heavy atom. The van der Waals surface area contributed by atoms with Crippen molar-refractivity contribution in [1.82, 2.24) is 14.4 Å². The third-order valence-corrected chi connectivity index (χ3v) is 6.62. The van der Waals surface area contributed by atoms with Crippen LogP contribution >= 0.6 is 0 Å². The lowest BCUT2D eigenvalue weighted by atomic mass is 9.97. The van der Waals surface area contributed by atoms with E-state index in [1.807, 2.05) is 11.9 Å². The smallest absolute Gasteiger partial charge is 0.245 e. The van der Waals surface area contributed by atoms with E-state index in [4.69, 9.17) is 0 Å². The average molecular weight is 323 g/mol. The highest BCUT2D eigenvalue weighted by molar-refractivity contribution is 5.91. The topological polar surface area (TPSA) is 28.5 Å². The van der Waals surface area contributed by atoms with Gasteiger partial charge in [-0.15, -0.1) is 0 Å². The molecule has 1 aromatic heterocycles. The molecule has 4 heterocycles. The van der Waals surface area contributed by atoms with Crippen LogP contribution in [0.5, 0.6) is 0 Å². The van der Waals surface area contributed by atoms with Gasteiger partial charge < -0.3 is 9.47 Å². The fourth-order valence-corrected chi connectivity index (χ4v) is 5.32. The van der Waals surface area contributed by atoms with Gasteiger partial charge in [-0.3, -0.25) is 9.69 Å². The summed E-state index contributed by atoms with van der Waals surface area (Å²) in [5.41, 5.74) is 5.52. The lowest BCUT2D eigenvalue weighted by Crippen LogP contribution is -2.35. The van der Waals surface area contributed by atoms with E-state index in [9.17, 15) is 4.79 Å². The number of rotatable bonds is 1. The number of amides is 1. The number of benzene rings is 1. The van der Waals surface area contributed by atoms with Crippen LogP contribution in [0.2, 0.25) is 0 Å². The molecule has 0 spiro atoms. The van der Waals surface area contributed by atoms with Gasteiger partial charge in [-0.05, 0) is 50.9 Å². The highest BCUT2D eigenvalue weighted by atomic mass is 16.2. The maximum Gasteiger partial charge on any atom is 0.245 e. The van der Waals surface area contributed by atoms with Gasteiger partial charge in [0, 0.05) is 48.7 Å². The first-order chi connectivity index (χ1) is 11.6. The van der Waals surface area contributed by atoms with E-state index in [0.29, 0.717) is 12.1 Å². The van der Waals surface area contributed by atoms with Crippen molar-refractivity contribution in [3.8, 4) is 0 Å². The summed E-state index contributed by atoms with van der Waals surface area (Å²) >= 11 is 0. The summed E-state index contributed by atoms with van der Waals surface area (Å²) in [5.74, 6) is 0.279. The van der Waals surface area contributed by atoms with Crippen LogP contribution in [-0.2, 0) is 11.2 Å². The molecule has 2 bridgehead atoms. The van der Waals surface area contributed by atoms with E-state index >= 15 is 0 Å². The van der Waals surface area contributed by atoms with Crippen molar-refractivity contribution in [3.05, 3.63) is 35.0 Å². The number of likely N-dealkylation sites (N-methyl/N-ethyl adjacent to an activating group) is 2. The molecule has 0 aliphatic carbocycles. The molecule has 0 N–H and O–H groups in total. The number of aromatic nitrogens is 1. The molecule has 3 atom stereocenters. The molecule has 5 rings (SSSR count). The molecule has 126 valence electrons. The monoisotopic (exact) mass is 323 g/mol. The highest BCUT2D eigenvalue weighted by Crippen LogP contribution is 2.48. The molecule has 4 nitrogen and oxygen atoms in total. The largest absolute Gasteiger partial charge is 0.344 e. The van der Waals surface area contributed by atoms with Crippen LogP contribution in [0.4, 0.5) is 0 Å². The first-order valence-electron chi connectivity index (χ1n) is 9.16. The van der Waals surface area contributed by atoms with E-state index in [0.717, 1.165) is 19.4 Å². The Hall–Kier alpha value is -1.81. The van der Waals surface area contributed by atoms with Gasteiger partial charge in [0.25, 0.3) is 0 Å². The number of hydrogen-bond donors (Lipinski definition) is 0. The lowest BCUT2D eigenvalue weighted by Gasteiger charge is -2.33. The zero-order chi connectivity index (χ0) is 16.6. The van der Waals surface area contributed by atoms with Crippen LogP contribution < -0.4 is 0 Å². The molecular weight excluding hydrogens is 298 g/mol. The number of nitrogens with zero attached hydrogens (tertiary/aromatic N) is 3. The Bertz CT molecular complexity index is 852. The van der Waals surface area contributed by atoms with Crippen molar-refractivity contribution in [1.29, 1.82) is 0 Å². The molecule has 2 aromatic rings. The number of fused-ring (bicyclic) bond motifs is 6. The van der Waals surface area contributed by atoms with Gasteiger partial charge in [0.1, 0.15) is 6.04 Å². The predicted octanol–water partition coefficient (Wildman–Crippen LogP) is 3.04. The molecule has 4 heteroatoms. The number of hydrogen-bond acceptors (Lipinski definition) is 2. The van der Waals surface area contributed by atoms with Gasteiger partial charge in [-0.25, -0.2) is 0 Å². The lowest BCUT2D eigenvalue weighted by molar-refractivity contribution is -0.129. The van der Waals surface area contributed by atoms with Gasteiger partial charge in [-0.1, -0.05) is 11.6 Å². The van der Waals surface area contributed by atoms with Crippen LogP contribution in [0.15, 0.2) is 18.2 Å². The van der Waals surface area contributed by atoms with E-state index < -0.39 is 0 Å². The standard InChI is InChI=1S/C20H25N3O/c1-12-4-6-15-14(10-12)19-16-7-5-13(22(16)3)11-18(19)23(15)17-8-9-21(2)20(17)24/h4,6,10,13,16-17H,5,7-9,11H2,1-3H3. The third-order valence-electron chi connectivity index (χ3n) is 6.62. The Morgan fingerprint density at radius 1 is 1.08 bits per heavy atom. The Morgan fingerprint density at radius 3 is 2.67 bits per heavy atom. The van der Waals surface area contributed by atoms with Crippen molar-refractivity contribution in [2.24, 2.45) is 0 Å². The van der Waals surface area contributed by atoms with Crippen molar-refractivity contribution >= 4 is 16.8 Å². The zero-order valence-corrected chi connectivity index (χ0v) is 14.7. The molecule has 2 saturated heterocycles. The Kier molecular flexibility index (Phi) is 2.94. The van der Waals surface area contributed by atoms with Gasteiger partial charge in [0.15, 0.2) is 0 Å². The summed E-state index contributed by atoms with van der Waals surface area (Å²) in [6, 6.07) is 7.92. The van der Waals surface area contributed by atoms with Crippen molar-refractivity contribution in [3.63, 3.8) is 0 Å². The minimum Gasteiger partial charge on any atom is -0.344 e. The summed E-state index contributed by atoms with van der Waals surface area (Å²) in [6.45, 7) is 3.04. The molecule has 1 amide bonds. The Balaban J connectivity index is 1.79. The maximum absolute atomic E-state index is 12.7. The highest BCUT2D eigenvalue weighted by Gasteiger charge is 2.43. The van der Waals surface area contributed by atoms with E-state index in [1.165, 1.54) is 40.6 Å². The zero-order valence-electron chi connectivity index (χ0n) is 14.7. The summed E-state index contributed by atoms with van der Waals surface area (Å²) in [6.07, 6.45) is 4.55. The molecule has 3 unspecified atom stereocenters. The normalized spacial score (nSPS) is 29.7. The molecule has 3 aliphatic rings. The van der Waals surface area contributed by atoms with E-state index in [1.54, 1.807) is 0 Å². The quantitative estimate of drug-likeness (QED) is 0.807. The number of aryl methyl sites for hydroxylation is 1. The molecule has 1 aromatic carbocycles. The second-order valence-corrected chi connectivity index (χ2v) is 7.93. The predicted molar refractivity (Wildman–Crippen MR) is 95.2 cm³/mol.